The van der Waals surface area contributed by atoms with Crippen molar-refractivity contribution in [3.8, 4) is 0 Å². The van der Waals surface area contributed by atoms with Gasteiger partial charge in [0.1, 0.15) is 0 Å². The number of benzene rings is 1. The lowest BCUT2D eigenvalue weighted by molar-refractivity contribution is 0.800. The number of aromatic amines is 1. The highest BCUT2D eigenvalue weighted by Crippen LogP contribution is 2.12. The van der Waals surface area contributed by atoms with E-state index in [9.17, 15) is 4.79 Å². The SMILES string of the molecule is Cc1ccsc1/C=N\n1c(=S)[nH]c2ccccc2c1=O. The molecule has 0 fully saturated rings. The summed E-state index contributed by atoms with van der Waals surface area (Å²) in [6.45, 7) is 2.00. The Morgan fingerprint density at radius 1 is 1.35 bits per heavy atom. The Balaban J connectivity index is 2.17. The van der Waals surface area contributed by atoms with Crippen molar-refractivity contribution in [3.05, 3.63) is 61.3 Å². The molecule has 0 amide bonds. The van der Waals surface area contributed by atoms with Crippen LogP contribution in [-0.4, -0.2) is 15.9 Å². The summed E-state index contributed by atoms with van der Waals surface area (Å²) in [7, 11) is 0. The van der Waals surface area contributed by atoms with Crippen molar-refractivity contribution in [2.24, 2.45) is 5.10 Å². The molecular weight excluding hydrogens is 290 g/mol. The van der Waals surface area contributed by atoms with Gasteiger partial charge < -0.3 is 4.98 Å². The summed E-state index contributed by atoms with van der Waals surface area (Å²) >= 11 is 6.77. The first-order chi connectivity index (χ1) is 9.66. The van der Waals surface area contributed by atoms with E-state index in [0.717, 1.165) is 16.0 Å². The van der Waals surface area contributed by atoms with Gasteiger partial charge in [0.2, 0.25) is 4.77 Å². The summed E-state index contributed by atoms with van der Waals surface area (Å²) in [5.74, 6) is 0. The number of hydrogen-bond acceptors (Lipinski definition) is 4. The second kappa shape index (κ2) is 5.15. The molecule has 2 aromatic heterocycles. The van der Waals surface area contributed by atoms with Crippen molar-refractivity contribution in [1.29, 1.82) is 0 Å². The minimum Gasteiger partial charge on any atom is -0.330 e. The van der Waals surface area contributed by atoms with Gasteiger partial charge in [-0.2, -0.15) is 9.78 Å². The lowest BCUT2D eigenvalue weighted by atomic mass is 10.2. The van der Waals surface area contributed by atoms with Crippen molar-refractivity contribution in [2.75, 3.05) is 0 Å². The molecule has 0 saturated heterocycles. The van der Waals surface area contributed by atoms with E-state index in [1.807, 2.05) is 36.6 Å². The van der Waals surface area contributed by atoms with Gasteiger partial charge in [-0.05, 0) is 48.3 Å². The third kappa shape index (κ3) is 2.23. The van der Waals surface area contributed by atoms with E-state index in [1.165, 1.54) is 4.68 Å². The normalized spacial score (nSPS) is 11.4. The predicted molar refractivity (Wildman–Crippen MR) is 85.4 cm³/mol. The zero-order valence-electron chi connectivity index (χ0n) is 10.7. The number of para-hydroxylation sites is 1. The van der Waals surface area contributed by atoms with Gasteiger partial charge in [0.15, 0.2) is 0 Å². The quantitative estimate of drug-likeness (QED) is 0.583. The molecule has 0 saturated carbocycles. The molecule has 0 bridgehead atoms. The lowest BCUT2D eigenvalue weighted by Crippen LogP contribution is -2.18. The second-order valence-electron chi connectivity index (χ2n) is 4.31. The van der Waals surface area contributed by atoms with E-state index < -0.39 is 0 Å². The third-order valence-electron chi connectivity index (χ3n) is 2.98. The standard InChI is InChI=1S/C14H11N3OS2/c1-9-6-7-20-12(9)8-15-17-13(18)10-4-2-3-5-11(10)16-14(17)19/h2-8H,1H3,(H,16,19)/b15-8-. The molecule has 4 nitrogen and oxygen atoms in total. The summed E-state index contributed by atoms with van der Waals surface area (Å²) in [5.41, 5.74) is 1.64. The zero-order valence-corrected chi connectivity index (χ0v) is 12.3. The van der Waals surface area contributed by atoms with Crippen LogP contribution in [0.2, 0.25) is 0 Å². The van der Waals surface area contributed by atoms with Crippen LogP contribution in [0.3, 0.4) is 0 Å². The fourth-order valence-corrected chi connectivity index (χ4v) is 2.91. The Kier molecular flexibility index (Phi) is 3.33. The summed E-state index contributed by atoms with van der Waals surface area (Å²) < 4.78 is 1.51. The first-order valence-electron chi connectivity index (χ1n) is 5.99. The highest BCUT2D eigenvalue weighted by molar-refractivity contribution is 7.71. The fraction of sp³-hybridized carbons (Fsp3) is 0.0714. The van der Waals surface area contributed by atoms with Crippen LogP contribution in [0.25, 0.3) is 10.9 Å². The predicted octanol–water partition coefficient (Wildman–Crippen LogP) is 3.31. The highest BCUT2D eigenvalue weighted by atomic mass is 32.1. The molecule has 0 spiro atoms. The molecular formula is C14H11N3OS2. The lowest BCUT2D eigenvalue weighted by Gasteiger charge is -2.02. The van der Waals surface area contributed by atoms with Gasteiger partial charge in [-0.25, -0.2) is 0 Å². The highest BCUT2D eigenvalue weighted by Gasteiger charge is 2.04. The average Bonchev–Trinajstić information content (AvgIpc) is 2.84. The number of nitrogens with zero attached hydrogens (tertiary/aromatic N) is 2. The average molecular weight is 301 g/mol. The van der Waals surface area contributed by atoms with Crippen LogP contribution >= 0.6 is 23.6 Å². The van der Waals surface area contributed by atoms with Gasteiger partial charge >= 0.3 is 0 Å². The molecule has 20 heavy (non-hydrogen) atoms. The summed E-state index contributed by atoms with van der Waals surface area (Å²) in [6, 6.07) is 9.26. The first kappa shape index (κ1) is 13.0. The molecule has 0 aliphatic rings. The van der Waals surface area contributed by atoms with Crippen molar-refractivity contribution in [2.45, 2.75) is 6.92 Å². The molecule has 0 radical (unpaired) electrons. The third-order valence-corrected chi connectivity index (χ3v) is 4.20. The molecule has 100 valence electrons. The van der Waals surface area contributed by atoms with Crippen molar-refractivity contribution >= 4 is 40.7 Å². The van der Waals surface area contributed by atoms with Gasteiger partial charge in [0.25, 0.3) is 5.56 Å². The monoisotopic (exact) mass is 301 g/mol. The minimum atomic E-state index is -0.213. The van der Waals surface area contributed by atoms with Gasteiger partial charge in [-0.15, -0.1) is 11.3 Å². The number of nitrogens with one attached hydrogen (secondary N) is 1. The molecule has 0 aliphatic heterocycles. The Labute approximate surface area is 124 Å². The van der Waals surface area contributed by atoms with Crippen molar-refractivity contribution < 1.29 is 0 Å². The molecule has 1 aromatic carbocycles. The number of aryl methyl sites for hydroxylation is 1. The van der Waals surface area contributed by atoms with Gasteiger partial charge in [-0.3, -0.25) is 4.79 Å². The zero-order chi connectivity index (χ0) is 14.1. The topological polar surface area (TPSA) is 50.1 Å². The summed E-state index contributed by atoms with van der Waals surface area (Å²) in [6.07, 6.45) is 1.67. The van der Waals surface area contributed by atoms with Crippen LogP contribution < -0.4 is 5.56 Å². The van der Waals surface area contributed by atoms with E-state index in [4.69, 9.17) is 12.2 Å². The van der Waals surface area contributed by atoms with Crippen LogP contribution in [0.4, 0.5) is 0 Å². The summed E-state index contributed by atoms with van der Waals surface area (Å²) in [5, 5.41) is 6.77. The summed E-state index contributed by atoms with van der Waals surface area (Å²) in [4.78, 5) is 16.4. The maximum atomic E-state index is 12.4. The largest absolute Gasteiger partial charge is 0.330 e. The van der Waals surface area contributed by atoms with Gasteiger partial charge in [0, 0.05) is 0 Å². The van der Waals surface area contributed by atoms with Crippen LogP contribution in [0, 0.1) is 11.7 Å². The van der Waals surface area contributed by atoms with Gasteiger partial charge in [0.05, 0.1) is 22.0 Å². The molecule has 0 atom stereocenters. The minimum absolute atomic E-state index is 0.213. The van der Waals surface area contributed by atoms with E-state index in [1.54, 1.807) is 23.6 Å². The number of fused-ring (bicyclic) bond motifs is 1. The number of H-pyrrole nitrogens is 1. The van der Waals surface area contributed by atoms with Crippen molar-refractivity contribution in [1.82, 2.24) is 9.66 Å². The first-order valence-corrected chi connectivity index (χ1v) is 7.28. The molecule has 0 unspecified atom stereocenters. The van der Waals surface area contributed by atoms with Crippen LogP contribution in [0.5, 0.6) is 0 Å². The smallest absolute Gasteiger partial charge is 0.282 e. The van der Waals surface area contributed by atoms with Gasteiger partial charge in [-0.1, -0.05) is 12.1 Å². The molecule has 3 aromatic rings. The van der Waals surface area contributed by atoms with Crippen molar-refractivity contribution in [3.63, 3.8) is 0 Å². The number of hydrogen-bond donors (Lipinski definition) is 1. The molecule has 3 rings (SSSR count). The molecule has 0 aliphatic carbocycles. The maximum absolute atomic E-state index is 12.4. The second-order valence-corrected chi connectivity index (χ2v) is 5.64. The van der Waals surface area contributed by atoms with Crippen LogP contribution in [0.1, 0.15) is 10.4 Å². The Morgan fingerprint density at radius 3 is 2.90 bits per heavy atom. The number of aromatic nitrogens is 2. The number of thiophene rings is 1. The molecule has 6 heteroatoms. The van der Waals surface area contributed by atoms with E-state index >= 15 is 0 Å². The Morgan fingerprint density at radius 2 is 2.15 bits per heavy atom. The Hall–Kier alpha value is -2.05. The van der Waals surface area contributed by atoms with E-state index in [0.29, 0.717) is 10.2 Å². The molecule has 2 heterocycles. The van der Waals surface area contributed by atoms with Crippen LogP contribution in [-0.2, 0) is 0 Å². The maximum Gasteiger partial charge on any atom is 0.282 e. The fourth-order valence-electron chi connectivity index (χ4n) is 1.88. The Bertz CT molecular complexity index is 918. The van der Waals surface area contributed by atoms with E-state index in [-0.39, 0.29) is 5.56 Å². The van der Waals surface area contributed by atoms with E-state index in [2.05, 4.69) is 10.1 Å². The number of rotatable bonds is 2. The molecule has 1 N–H and O–H groups in total. The van der Waals surface area contributed by atoms with Crippen LogP contribution in [0.15, 0.2) is 45.6 Å².